The molecular weight excluding hydrogens is 212 g/mol. The van der Waals surface area contributed by atoms with Gasteiger partial charge in [0.25, 0.3) is 0 Å². The van der Waals surface area contributed by atoms with Crippen molar-refractivity contribution in [2.24, 2.45) is 17.3 Å². The number of hydrogen-bond donors (Lipinski definition) is 0. The Hall–Kier alpha value is -1.05. The third-order valence-electron chi connectivity index (χ3n) is 4.29. The fourth-order valence-corrected chi connectivity index (χ4v) is 3.45. The molecule has 0 radical (unpaired) electrons. The maximum absolute atomic E-state index is 11.0. The van der Waals surface area contributed by atoms with Gasteiger partial charge >= 0.3 is 5.97 Å². The SMILES string of the molecule is CC(=O)OCC1(C)CC2C(C)=CC1C2=C(C)C. The minimum absolute atomic E-state index is 0.0997. The van der Waals surface area contributed by atoms with Crippen LogP contribution in [0.3, 0.4) is 0 Å². The van der Waals surface area contributed by atoms with E-state index < -0.39 is 0 Å². The van der Waals surface area contributed by atoms with Gasteiger partial charge in [0, 0.05) is 24.2 Å². The molecule has 2 bridgehead atoms. The monoisotopic (exact) mass is 234 g/mol. The van der Waals surface area contributed by atoms with Crippen molar-refractivity contribution >= 4 is 5.97 Å². The molecule has 0 heterocycles. The van der Waals surface area contributed by atoms with Crippen LogP contribution in [0.5, 0.6) is 0 Å². The van der Waals surface area contributed by atoms with E-state index in [1.165, 1.54) is 18.1 Å². The van der Waals surface area contributed by atoms with Gasteiger partial charge in [-0.05, 0) is 27.2 Å². The average molecular weight is 234 g/mol. The summed E-state index contributed by atoms with van der Waals surface area (Å²) in [6.07, 6.45) is 3.49. The van der Waals surface area contributed by atoms with Crippen LogP contribution in [0.15, 0.2) is 22.8 Å². The summed E-state index contributed by atoms with van der Waals surface area (Å²) in [6.45, 7) is 10.9. The molecule has 1 fully saturated rings. The number of allylic oxidation sites excluding steroid dienone is 4. The first kappa shape index (κ1) is 12.4. The van der Waals surface area contributed by atoms with E-state index in [-0.39, 0.29) is 11.4 Å². The molecule has 0 N–H and O–H groups in total. The number of rotatable bonds is 2. The summed E-state index contributed by atoms with van der Waals surface area (Å²) in [5.74, 6) is 0.885. The fourth-order valence-electron chi connectivity index (χ4n) is 3.45. The van der Waals surface area contributed by atoms with Crippen molar-refractivity contribution in [1.82, 2.24) is 0 Å². The van der Waals surface area contributed by atoms with Gasteiger partial charge in [-0.1, -0.05) is 29.7 Å². The number of ether oxygens (including phenoxy) is 1. The van der Waals surface area contributed by atoms with Crippen molar-refractivity contribution in [2.75, 3.05) is 6.61 Å². The van der Waals surface area contributed by atoms with Crippen molar-refractivity contribution < 1.29 is 9.53 Å². The van der Waals surface area contributed by atoms with Gasteiger partial charge in [-0.3, -0.25) is 4.79 Å². The summed E-state index contributed by atoms with van der Waals surface area (Å²) < 4.78 is 5.25. The van der Waals surface area contributed by atoms with E-state index in [0.717, 1.165) is 6.42 Å². The number of esters is 1. The summed E-state index contributed by atoms with van der Waals surface area (Å²) in [7, 11) is 0. The molecule has 2 rings (SSSR count). The first-order valence-electron chi connectivity index (χ1n) is 6.34. The summed E-state index contributed by atoms with van der Waals surface area (Å²) in [5.41, 5.74) is 4.59. The second-order valence-corrected chi connectivity index (χ2v) is 6.03. The summed E-state index contributed by atoms with van der Waals surface area (Å²) in [4.78, 5) is 11.0. The molecule has 0 aromatic rings. The second kappa shape index (κ2) is 4.01. The molecule has 0 saturated heterocycles. The van der Waals surface area contributed by atoms with Crippen molar-refractivity contribution in [3.63, 3.8) is 0 Å². The van der Waals surface area contributed by atoms with Crippen molar-refractivity contribution in [1.29, 1.82) is 0 Å². The quantitative estimate of drug-likeness (QED) is 0.540. The Bertz CT molecular complexity index is 413. The molecule has 0 aliphatic heterocycles. The first-order valence-corrected chi connectivity index (χ1v) is 6.34. The largest absolute Gasteiger partial charge is 0.465 e. The van der Waals surface area contributed by atoms with Gasteiger partial charge in [0.2, 0.25) is 0 Å². The molecule has 3 atom stereocenters. The highest BCUT2D eigenvalue weighted by molar-refractivity contribution is 5.66. The first-order chi connectivity index (χ1) is 7.85. The van der Waals surface area contributed by atoms with E-state index in [1.54, 1.807) is 5.57 Å². The van der Waals surface area contributed by atoms with Crippen LogP contribution in [0, 0.1) is 17.3 Å². The standard InChI is InChI=1S/C15H22O2/c1-9(2)14-12-7-15(5,8-17-11(4)16)13(14)6-10(12)3/h6,12-13H,7-8H2,1-5H3. The highest BCUT2D eigenvalue weighted by atomic mass is 16.5. The zero-order chi connectivity index (χ0) is 12.8. The lowest BCUT2D eigenvalue weighted by Gasteiger charge is -2.31. The third kappa shape index (κ3) is 1.94. The lowest BCUT2D eigenvalue weighted by molar-refractivity contribution is -0.144. The van der Waals surface area contributed by atoms with Crippen LogP contribution in [-0.4, -0.2) is 12.6 Å². The molecule has 94 valence electrons. The Morgan fingerprint density at radius 3 is 2.59 bits per heavy atom. The Balaban J connectivity index is 2.25. The minimum Gasteiger partial charge on any atom is -0.465 e. The highest BCUT2D eigenvalue weighted by Crippen LogP contribution is 2.58. The normalized spacial score (nSPS) is 34.9. The van der Waals surface area contributed by atoms with Gasteiger partial charge in [0.1, 0.15) is 0 Å². The van der Waals surface area contributed by atoms with Crippen LogP contribution in [0.1, 0.15) is 41.0 Å². The summed E-state index contributed by atoms with van der Waals surface area (Å²) >= 11 is 0. The van der Waals surface area contributed by atoms with Crippen LogP contribution in [0.2, 0.25) is 0 Å². The molecule has 3 unspecified atom stereocenters. The van der Waals surface area contributed by atoms with Gasteiger partial charge < -0.3 is 4.74 Å². The maximum atomic E-state index is 11.0. The molecule has 0 amide bonds. The molecule has 17 heavy (non-hydrogen) atoms. The van der Waals surface area contributed by atoms with Crippen molar-refractivity contribution in [3.8, 4) is 0 Å². The van der Waals surface area contributed by atoms with Gasteiger partial charge in [0.15, 0.2) is 0 Å². The second-order valence-electron chi connectivity index (χ2n) is 6.03. The Morgan fingerprint density at radius 2 is 2.12 bits per heavy atom. The van der Waals surface area contributed by atoms with Gasteiger partial charge in [-0.15, -0.1) is 0 Å². The predicted octanol–water partition coefficient (Wildman–Crippen LogP) is 3.49. The molecule has 0 spiro atoms. The fraction of sp³-hybridized carbons (Fsp3) is 0.667. The Labute approximate surface area is 104 Å². The molecule has 2 nitrogen and oxygen atoms in total. The molecule has 0 aromatic carbocycles. The van der Waals surface area contributed by atoms with E-state index in [0.29, 0.717) is 18.4 Å². The van der Waals surface area contributed by atoms with Gasteiger partial charge in [-0.2, -0.15) is 0 Å². The van der Waals surface area contributed by atoms with Gasteiger partial charge in [-0.25, -0.2) is 0 Å². The van der Waals surface area contributed by atoms with E-state index in [1.807, 2.05) is 0 Å². The maximum Gasteiger partial charge on any atom is 0.302 e. The number of fused-ring (bicyclic) bond motifs is 2. The molecule has 2 aliphatic carbocycles. The number of carbonyl (C=O) groups excluding carboxylic acids is 1. The van der Waals surface area contributed by atoms with E-state index in [9.17, 15) is 4.79 Å². The van der Waals surface area contributed by atoms with Crippen molar-refractivity contribution in [2.45, 2.75) is 41.0 Å². The summed E-state index contributed by atoms with van der Waals surface area (Å²) in [5, 5.41) is 0. The Morgan fingerprint density at radius 1 is 1.47 bits per heavy atom. The van der Waals surface area contributed by atoms with E-state index in [2.05, 4.69) is 33.8 Å². The molecule has 2 aliphatic rings. The van der Waals surface area contributed by atoms with Crippen LogP contribution < -0.4 is 0 Å². The molecular formula is C15H22O2. The predicted molar refractivity (Wildman–Crippen MR) is 68.5 cm³/mol. The highest BCUT2D eigenvalue weighted by Gasteiger charge is 2.51. The minimum atomic E-state index is -0.173. The molecule has 2 heteroatoms. The van der Waals surface area contributed by atoms with Gasteiger partial charge in [0.05, 0.1) is 6.61 Å². The van der Waals surface area contributed by atoms with E-state index >= 15 is 0 Å². The molecule has 1 saturated carbocycles. The summed E-state index contributed by atoms with van der Waals surface area (Å²) in [6, 6.07) is 0. The molecule has 0 aromatic heterocycles. The smallest absolute Gasteiger partial charge is 0.302 e. The van der Waals surface area contributed by atoms with Crippen LogP contribution >= 0.6 is 0 Å². The zero-order valence-corrected chi connectivity index (χ0v) is 11.5. The number of hydrogen-bond acceptors (Lipinski definition) is 2. The van der Waals surface area contributed by atoms with E-state index in [4.69, 9.17) is 4.74 Å². The lowest BCUT2D eigenvalue weighted by Crippen LogP contribution is -2.29. The average Bonchev–Trinajstić information content (AvgIpc) is 2.67. The topological polar surface area (TPSA) is 26.3 Å². The number of carbonyl (C=O) groups is 1. The van der Waals surface area contributed by atoms with Crippen LogP contribution in [0.25, 0.3) is 0 Å². The zero-order valence-electron chi connectivity index (χ0n) is 11.5. The van der Waals surface area contributed by atoms with Crippen LogP contribution in [0.4, 0.5) is 0 Å². The lowest BCUT2D eigenvalue weighted by atomic mass is 9.76. The van der Waals surface area contributed by atoms with Crippen LogP contribution in [-0.2, 0) is 9.53 Å². The Kier molecular flexibility index (Phi) is 2.92. The van der Waals surface area contributed by atoms with Crippen molar-refractivity contribution in [3.05, 3.63) is 22.8 Å². The third-order valence-corrected chi connectivity index (χ3v) is 4.29.